The molecule has 0 N–H and O–H groups in total. The highest BCUT2D eigenvalue weighted by Crippen LogP contribution is 2.15. The van der Waals surface area contributed by atoms with Crippen molar-refractivity contribution >= 4 is 5.97 Å². The minimum atomic E-state index is 0.0114. The highest BCUT2D eigenvalue weighted by molar-refractivity contribution is 5.69. The van der Waals surface area contributed by atoms with Crippen molar-refractivity contribution in [3.63, 3.8) is 0 Å². The third-order valence-electron chi connectivity index (χ3n) is 6.92. The number of rotatable bonds is 27. The van der Waals surface area contributed by atoms with Gasteiger partial charge in [0.2, 0.25) is 0 Å². The number of esters is 1. The number of hydrogen-bond acceptors (Lipinski definition) is 2. The number of carbonyl (C=O) groups excluding carboxylic acids is 1. The van der Waals surface area contributed by atoms with E-state index in [-0.39, 0.29) is 5.97 Å². The third kappa shape index (κ3) is 29.4. The Hall–Kier alpha value is -0.530. The first-order valence-electron chi connectivity index (χ1n) is 15.3. The molecule has 198 valence electrons. The Morgan fingerprint density at radius 2 is 0.879 bits per heavy atom. The molecule has 0 unspecified atom stereocenters. The summed E-state index contributed by atoms with van der Waals surface area (Å²) in [5.74, 6) is 0.786. The molecular formula is C31H62O2. The number of unbranched alkanes of at least 4 members (excludes halogenated alkanes) is 21. The fraction of sp³-hybridized carbons (Fsp3) is 0.968. The third-order valence-corrected chi connectivity index (χ3v) is 6.92. The van der Waals surface area contributed by atoms with Gasteiger partial charge in [0.05, 0.1) is 6.61 Å². The first-order chi connectivity index (χ1) is 16.2. The van der Waals surface area contributed by atoms with Gasteiger partial charge in [-0.2, -0.15) is 0 Å². The molecule has 0 aliphatic rings. The smallest absolute Gasteiger partial charge is 0.305 e. The van der Waals surface area contributed by atoms with E-state index in [1.165, 1.54) is 135 Å². The molecule has 0 bridgehead atoms. The normalized spacial score (nSPS) is 11.4. The fourth-order valence-corrected chi connectivity index (χ4v) is 4.61. The molecule has 0 aliphatic carbocycles. The molecule has 0 saturated heterocycles. The van der Waals surface area contributed by atoms with Crippen molar-refractivity contribution in [2.24, 2.45) is 5.92 Å². The minimum Gasteiger partial charge on any atom is -0.466 e. The van der Waals surface area contributed by atoms with Crippen LogP contribution in [0, 0.1) is 5.92 Å². The lowest BCUT2D eigenvalue weighted by Crippen LogP contribution is -2.05. The second-order valence-electron chi connectivity index (χ2n) is 10.9. The summed E-state index contributed by atoms with van der Waals surface area (Å²) < 4.78 is 5.37. The maximum atomic E-state index is 11.7. The zero-order valence-corrected chi connectivity index (χ0v) is 23.3. The molecule has 0 spiro atoms. The van der Waals surface area contributed by atoms with Crippen LogP contribution < -0.4 is 0 Å². The first kappa shape index (κ1) is 32.5. The standard InChI is InChI=1S/C31H62O2/c1-4-5-6-7-8-9-10-11-12-13-14-15-16-17-18-19-20-21-22-26-29-33-31(32)28-25-23-24-27-30(2)3/h30H,4-29H2,1-3H3. The molecule has 0 heterocycles. The Morgan fingerprint density at radius 3 is 1.27 bits per heavy atom. The molecule has 2 heteroatoms. The molecule has 0 radical (unpaired) electrons. The SMILES string of the molecule is CCCCCCCCCCCCCCCCCCCCCCOC(=O)CCCCCC(C)C. The monoisotopic (exact) mass is 466 g/mol. The molecule has 0 amide bonds. The Kier molecular flexibility index (Phi) is 27.3. The van der Waals surface area contributed by atoms with Gasteiger partial charge in [-0.1, -0.05) is 162 Å². The van der Waals surface area contributed by atoms with Crippen LogP contribution in [0.2, 0.25) is 0 Å². The minimum absolute atomic E-state index is 0.0114. The van der Waals surface area contributed by atoms with Gasteiger partial charge in [-0.3, -0.25) is 4.79 Å². The van der Waals surface area contributed by atoms with Gasteiger partial charge in [0.1, 0.15) is 0 Å². The fourth-order valence-electron chi connectivity index (χ4n) is 4.61. The average Bonchev–Trinajstić information content (AvgIpc) is 2.79. The molecule has 0 rings (SSSR count). The topological polar surface area (TPSA) is 26.3 Å². The lowest BCUT2D eigenvalue weighted by Gasteiger charge is -2.06. The van der Waals surface area contributed by atoms with Gasteiger partial charge >= 0.3 is 5.97 Å². The zero-order valence-electron chi connectivity index (χ0n) is 23.3. The van der Waals surface area contributed by atoms with Gasteiger partial charge in [0, 0.05) is 6.42 Å². The van der Waals surface area contributed by atoms with Crippen molar-refractivity contribution in [2.75, 3.05) is 6.61 Å². The van der Waals surface area contributed by atoms with Gasteiger partial charge in [-0.05, 0) is 18.8 Å². The predicted octanol–water partition coefficient (Wildman–Crippen LogP) is 11.0. The van der Waals surface area contributed by atoms with Gasteiger partial charge in [-0.15, -0.1) is 0 Å². The summed E-state index contributed by atoms with van der Waals surface area (Å²) in [7, 11) is 0. The van der Waals surface area contributed by atoms with E-state index in [9.17, 15) is 4.79 Å². The van der Waals surface area contributed by atoms with Crippen LogP contribution in [0.4, 0.5) is 0 Å². The van der Waals surface area contributed by atoms with Crippen molar-refractivity contribution in [2.45, 2.75) is 181 Å². The molecule has 2 nitrogen and oxygen atoms in total. The number of carbonyl (C=O) groups is 1. The second-order valence-corrected chi connectivity index (χ2v) is 10.9. The quantitative estimate of drug-likeness (QED) is 0.0888. The highest BCUT2D eigenvalue weighted by Gasteiger charge is 2.03. The summed E-state index contributed by atoms with van der Waals surface area (Å²) in [5, 5.41) is 0. The largest absolute Gasteiger partial charge is 0.466 e. The van der Waals surface area contributed by atoms with Gasteiger partial charge in [0.15, 0.2) is 0 Å². The van der Waals surface area contributed by atoms with Crippen LogP contribution in [-0.2, 0) is 9.53 Å². The van der Waals surface area contributed by atoms with E-state index in [0.29, 0.717) is 13.0 Å². The van der Waals surface area contributed by atoms with Crippen LogP contribution in [0.15, 0.2) is 0 Å². The van der Waals surface area contributed by atoms with E-state index >= 15 is 0 Å². The molecule has 33 heavy (non-hydrogen) atoms. The van der Waals surface area contributed by atoms with Gasteiger partial charge < -0.3 is 4.74 Å². The Bertz CT molecular complexity index is 377. The molecule has 0 atom stereocenters. The van der Waals surface area contributed by atoms with E-state index in [4.69, 9.17) is 4.74 Å². The summed E-state index contributed by atoms with van der Waals surface area (Å²) in [4.78, 5) is 11.7. The Balaban J connectivity index is 3.11. The summed E-state index contributed by atoms with van der Waals surface area (Å²) in [6.45, 7) is 7.44. The molecular weight excluding hydrogens is 404 g/mol. The number of ether oxygens (including phenoxy) is 1. The van der Waals surface area contributed by atoms with E-state index < -0.39 is 0 Å². The zero-order chi connectivity index (χ0) is 24.2. The summed E-state index contributed by atoms with van der Waals surface area (Å²) >= 11 is 0. The Labute approximate surface area is 209 Å². The Morgan fingerprint density at radius 1 is 0.515 bits per heavy atom. The maximum Gasteiger partial charge on any atom is 0.305 e. The van der Waals surface area contributed by atoms with Gasteiger partial charge in [0.25, 0.3) is 0 Å². The highest BCUT2D eigenvalue weighted by atomic mass is 16.5. The van der Waals surface area contributed by atoms with E-state index in [2.05, 4.69) is 20.8 Å². The first-order valence-corrected chi connectivity index (χ1v) is 15.3. The van der Waals surface area contributed by atoms with E-state index in [0.717, 1.165) is 25.2 Å². The molecule has 0 saturated carbocycles. The average molecular weight is 467 g/mol. The maximum absolute atomic E-state index is 11.7. The predicted molar refractivity (Wildman–Crippen MR) is 147 cm³/mol. The van der Waals surface area contributed by atoms with Crippen molar-refractivity contribution in [3.8, 4) is 0 Å². The van der Waals surface area contributed by atoms with Crippen LogP contribution in [0.25, 0.3) is 0 Å². The van der Waals surface area contributed by atoms with Crippen molar-refractivity contribution < 1.29 is 9.53 Å². The lowest BCUT2D eigenvalue weighted by atomic mass is 10.0. The van der Waals surface area contributed by atoms with Crippen LogP contribution in [0.1, 0.15) is 181 Å². The van der Waals surface area contributed by atoms with Crippen LogP contribution >= 0.6 is 0 Å². The summed E-state index contributed by atoms with van der Waals surface area (Å²) in [5.41, 5.74) is 0. The van der Waals surface area contributed by atoms with E-state index in [1.54, 1.807) is 0 Å². The molecule has 0 aromatic rings. The van der Waals surface area contributed by atoms with Crippen LogP contribution in [0.3, 0.4) is 0 Å². The molecule has 0 aromatic heterocycles. The van der Waals surface area contributed by atoms with Crippen molar-refractivity contribution in [3.05, 3.63) is 0 Å². The van der Waals surface area contributed by atoms with Crippen molar-refractivity contribution in [1.82, 2.24) is 0 Å². The number of hydrogen-bond donors (Lipinski definition) is 0. The van der Waals surface area contributed by atoms with Crippen LogP contribution in [-0.4, -0.2) is 12.6 Å². The van der Waals surface area contributed by atoms with Gasteiger partial charge in [-0.25, -0.2) is 0 Å². The second kappa shape index (κ2) is 27.7. The summed E-state index contributed by atoms with van der Waals surface area (Å²) in [6.07, 6.45) is 33.2. The lowest BCUT2D eigenvalue weighted by molar-refractivity contribution is -0.143. The van der Waals surface area contributed by atoms with Crippen molar-refractivity contribution in [1.29, 1.82) is 0 Å². The van der Waals surface area contributed by atoms with E-state index in [1.807, 2.05) is 0 Å². The summed E-state index contributed by atoms with van der Waals surface area (Å²) in [6, 6.07) is 0. The van der Waals surface area contributed by atoms with Crippen LogP contribution in [0.5, 0.6) is 0 Å². The molecule has 0 aromatic carbocycles. The molecule has 0 fully saturated rings. The molecule has 0 aliphatic heterocycles.